The number of nitrogens with zero attached hydrogens (tertiary/aromatic N) is 4. The summed E-state index contributed by atoms with van der Waals surface area (Å²) in [6.07, 6.45) is 0.918. The summed E-state index contributed by atoms with van der Waals surface area (Å²) >= 11 is 6.11. The molecule has 1 saturated heterocycles. The molecular weight excluding hydrogens is 525 g/mol. The molecule has 13 heteroatoms. The highest BCUT2D eigenvalue weighted by atomic mass is 35.5. The van der Waals surface area contributed by atoms with Crippen LogP contribution < -0.4 is 10.6 Å². The van der Waals surface area contributed by atoms with E-state index >= 15 is 0 Å². The number of fused-ring (bicyclic) bond motifs is 1. The predicted molar refractivity (Wildman–Crippen MR) is 134 cm³/mol. The van der Waals surface area contributed by atoms with Gasteiger partial charge in [-0.2, -0.15) is 18.3 Å². The van der Waals surface area contributed by atoms with Crippen LogP contribution in [0.4, 0.5) is 23.7 Å². The van der Waals surface area contributed by atoms with Crippen LogP contribution in [0.5, 0.6) is 0 Å². The van der Waals surface area contributed by atoms with Crippen molar-refractivity contribution < 1.29 is 27.9 Å². The molecule has 0 unspecified atom stereocenters. The largest absolute Gasteiger partial charge is 0.465 e. The molecule has 0 bridgehead atoms. The molecule has 0 spiro atoms. The van der Waals surface area contributed by atoms with E-state index in [1.54, 1.807) is 16.9 Å². The number of pyridine rings is 1. The lowest BCUT2D eigenvalue weighted by molar-refractivity contribution is -0.140. The average Bonchev–Trinajstić information content (AvgIpc) is 3.54. The first kappa shape index (κ1) is 26.1. The van der Waals surface area contributed by atoms with Gasteiger partial charge in [-0.15, -0.1) is 0 Å². The Morgan fingerprint density at radius 3 is 2.66 bits per heavy atom. The predicted octanol–water partition coefficient (Wildman–Crippen LogP) is 5.18. The van der Waals surface area contributed by atoms with Crippen LogP contribution in [-0.2, 0) is 6.18 Å². The molecule has 2 fully saturated rings. The number of rotatable bonds is 5. The SMILES string of the molecule is O=C(N[C@@H]1CCC[C@H](Nc2cc(C(F)(F)F)nc3ccc(Cl)cc23)C1)c1cnn([C@H]2CCN(C(=O)O)C2)c1. The average molecular weight is 551 g/mol. The smallest absolute Gasteiger partial charge is 0.433 e. The molecule has 5 rings (SSSR count). The second kappa shape index (κ2) is 10.3. The van der Waals surface area contributed by atoms with Crippen molar-refractivity contribution in [2.75, 3.05) is 18.4 Å². The maximum absolute atomic E-state index is 13.5. The van der Waals surface area contributed by atoms with Gasteiger partial charge in [0.1, 0.15) is 5.69 Å². The van der Waals surface area contributed by atoms with Crippen molar-refractivity contribution in [3.05, 3.63) is 52.9 Å². The molecule has 202 valence electrons. The normalized spacial score (nSPS) is 22.0. The van der Waals surface area contributed by atoms with Gasteiger partial charge in [-0.3, -0.25) is 9.48 Å². The van der Waals surface area contributed by atoms with Crippen molar-refractivity contribution >= 4 is 40.2 Å². The van der Waals surface area contributed by atoms with Gasteiger partial charge in [0.15, 0.2) is 0 Å². The summed E-state index contributed by atoms with van der Waals surface area (Å²) in [5.41, 5.74) is -0.118. The Labute approximate surface area is 221 Å². The zero-order valence-corrected chi connectivity index (χ0v) is 21.0. The lowest BCUT2D eigenvalue weighted by atomic mass is 9.90. The molecule has 3 aromatic rings. The van der Waals surface area contributed by atoms with E-state index in [-0.39, 0.29) is 29.5 Å². The molecule has 3 heterocycles. The van der Waals surface area contributed by atoms with E-state index in [4.69, 9.17) is 16.7 Å². The number of hydrogen-bond donors (Lipinski definition) is 3. The van der Waals surface area contributed by atoms with Gasteiger partial charge >= 0.3 is 12.3 Å². The van der Waals surface area contributed by atoms with Gasteiger partial charge < -0.3 is 20.6 Å². The van der Waals surface area contributed by atoms with Crippen LogP contribution in [-0.4, -0.2) is 61.9 Å². The van der Waals surface area contributed by atoms with Crippen LogP contribution in [0.15, 0.2) is 36.7 Å². The minimum atomic E-state index is -4.60. The fourth-order valence-electron chi connectivity index (χ4n) is 5.19. The molecule has 1 aromatic carbocycles. The van der Waals surface area contributed by atoms with Crippen molar-refractivity contribution in [2.45, 2.75) is 56.4 Å². The van der Waals surface area contributed by atoms with E-state index in [9.17, 15) is 22.8 Å². The summed E-state index contributed by atoms with van der Waals surface area (Å²) < 4.78 is 42.1. The summed E-state index contributed by atoms with van der Waals surface area (Å²) in [4.78, 5) is 29.1. The summed E-state index contributed by atoms with van der Waals surface area (Å²) in [5.74, 6) is -0.296. The minimum absolute atomic E-state index is 0.124. The van der Waals surface area contributed by atoms with Gasteiger partial charge in [0.05, 0.1) is 23.3 Å². The monoisotopic (exact) mass is 550 g/mol. The number of carbonyl (C=O) groups excluding carboxylic acids is 1. The lowest BCUT2D eigenvalue weighted by Gasteiger charge is -2.31. The molecule has 3 N–H and O–H groups in total. The van der Waals surface area contributed by atoms with Crippen LogP contribution >= 0.6 is 11.6 Å². The Hall–Kier alpha value is -3.54. The molecule has 2 aliphatic rings. The number of amides is 2. The van der Waals surface area contributed by atoms with Crippen molar-refractivity contribution in [1.29, 1.82) is 0 Å². The van der Waals surface area contributed by atoms with Gasteiger partial charge in [0, 0.05) is 47.5 Å². The number of anilines is 1. The summed E-state index contributed by atoms with van der Waals surface area (Å²) in [6, 6.07) is 5.10. The number of aromatic nitrogens is 3. The number of likely N-dealkylation sites (tertiary alicyclic amines) is 1. The summed E-state index contributed by atoms with van der Waals surface area (Å²) in [6.45, 7) is 0.736. The first-order valence-electron chi connectivity index (χ1n) is 12.3. The molecule has 2 amide bonds. The number of benzene rings is 1. The number of hydrogen-bond acceptors (Lipinski definition) is 5. The van der Waals surface area contributed by atoms with Crippen LogP contribution in [0.25, 0.3) is 10.9 Å². The zero-order valence-electron chi connectivity index (χ0n) is 20.2. The van der Waals surface area contributed by atoms with Crippen molar-refractivity contribution in [1.82, 2.24) is 25.0 Å². The van der Waals surface area contributed by atoms with Gasteiger partial charge in [-0.1, -0.05) is 11.6 Å². The first-order chi connectivity index (χ1) is 18.1. The number of alkyl halides is 3. The van der Waals surface area contributed by atoms with Crippen molar-refractivity contribution in [3.63, 3.8) is 0 Å². The molecule has 38 heavy (non-hydrogen) atoms. The number of carboxylic acid groups (broad SMARTS) is 1. The van der Waals surface area contributed by atoms with E-state index in [0.29, 0.717) is 47.6 Å². The quantitative estimate of drug-likeness (QED) is 0.403. The Bertz CT molecular complexity index is 1360. The van der Waals surface area contributed by atoms with Crippen LogP contribution in [0.2, 0.25) is 5.02 Å². The van der Waals surface area contributed by atoms with Crippen LogP contribution in [0.1, 0.15) is 54.2 Å². The molecule has 9 nitrogen and oxygen atoms in total. The van der Waals surface area contributed by atoms with Crippen LogP contribution in [0.3, 0.4) is 0 Å². The fourth-order valence-corrected chi connectivity index (χ4v) is 5.36. The van der Waals surface area contributed by atoms with E-state index < -0.39 is 18.0 Å². The molecule has 2 aromatic heterocycles. The standard InChI is InChI=1S/C25H26ClF3N6O3/c26-15-4-5-20-19(8-15)21(10-22(33-20)25(27,28)29)31-16-2-1-3-17(9-16)32-23(36)14-11-30-35(12-14)18-6-7-34(13-18)24(37)38/h4-5,8,10-12,16-18H,1-3,6-7,9,13H2,(H,31,33)(H,32,36)(H,37,38)/t16-,17+,18-/m0/s1. The van der Waals surface area contributed by atoms with Gasteiger partial charge in [-0.25, -0.2) is 9.78 Å². The number of nitrogens with one attached hydrogen (secondary N) is 2. The van der Waals surface area contributed by atoms with E-state index in [2.05, 4.69) is 20.7 Å². The molecule has 1 saturated carbocycles. The maximum atomic E-state index is 13.5. The van der Waals surface area contributed by atoms with Crippen LogP contribution in [0, 0.1) is 0 Å². The second-order valence-electron chi connectivity index (χ2n) is 9.77. The fraction of sp³-hybridized carbons (Fsp3) is 0.440. The van der Waals surface area contributed by atoms with E-state index in [1.807, 2.05) is 0 Å². The van der Waals surface area contributed by atoms with E-state index in [0.717, 1.165) is 25.3 Å². The van der Waals surface area contributed by atoms with Crippen molar-refractivity contribution in [2.24, 2.45) is 0 Å². The summed E-state index contributed by atoms with van der Waals surface area (Å²) in [7, 11) is 0. The first-order valence-corrected chi connectivity index (χ1v) is 12.7. The number of halogens is 4. The van der Waals surface area contributed by atoms with E-state index in [1.165, 1.54) is 23.2 Å². The highest BCUT2D eigenvalue weighted by molar-refractivity contribution is 6.31. The molecule has 1 aliphatic carbocycles. The third-order valence-corrected chi connectivity index (χ3v) is 7.34. The Kier molecular flexibility index (Phi) is 7.08. The number of carbonyl (C=O) groups is 2. The highest BCUT2D eigenvalue weighted by Crippen LogP contribution is 2.35. The van der Waals surface area contributed by atoms with Gasteiger partial charge in [-0.05, 0) is 56.4 Å². The minimum Gasteiger partial charge on any atom is -0.465 e. The maximum Gasteiger partial charge on any atom is 0.433 e. The zero-order chi connectivity index (χ0) is 27.0. The molecule has 1 aliphatic heterocycles. The van der Waals surface area contributed by atoms with Crippen molar-refractivity contribution in [3.8, 4) is 0 Å². The molecular formula is C25H26ClF3N6O3. The summed E-state index contributed by atoms with van der Waals surface area (Å²) in [5, 5.41) is 20.6. The Morgan fingerprint density at radius 2 is 1.92 bits per heavy atom. The third kappa shape index (κ3) is 5.64. The third-order valence-electron chi connectivity index (χ3n) is 7.10. The van der Waals surface area contributed by atoms with Gasteiger partial charge in [0.25, 0.3) is 5.91 Å². The highest BCUT2D eigenvalue weighted by Gasteiger charge is 2.34. The Morgan fingerprint density at radius 1 is 1.13 bits per heavy atom. The lowest BCUT2D eigenvalue weighted by Crippen LogP contribution is -2.41. The second-order valence-corrected chi connectivity index (χ2v) is 10.2. The molecule has 3 atom stereocenters. The topological polar surface area (TPSA) is 112 Å². The Balaban J connectivity index is 1.26. The van der Waals surface area contributed by atoms with Gasteiger partial charge in [0.2, 0.25) is 0 Å². The molecule has 0 radical (unpaired) electrons.